The first-order valence-corrected chi connectivity index (χ1v) is 1.55. The van der Waals surface area contributed by atoms with Crippen LogP contribution < -0.4 is 0 Å². The summed E-state index contributed by atoms with van der Waals surface area (Å²) in [6.07, 6.45) is 0. The molecule has 9 heteroatoms. The summed E-state index contributed by atoms with van der Waals surface area (Å²) >= 11 is 0. The van der Waals surface area contributed by atoms with Crippen molar-refractivity contribution >= 4 is 19.8 Å². The Morgan fingerprint density at radius 2 is 0.556 bits per heavy atom. The zero-order valence-electron chi connectivity index (χ0n) is 3.81. The number of nitrogens with zero attached hydrogens (tertiary/aromatic N) is 2. The van der Waals surface area contributed by atoms with Gasteiger partial charge >= 0.3 is 93.8 Å². The SMILES string of the molecule is N#[SiH].N#[SiH].[O-2].[O-2].[O-2].[Yb+3].[Yb+3]. The van der Waals surface area contributed by atoms with Crippen molar-refractivity contribution in [2.75, 3.05) is 0 Å². The molecule has 0 spiro atoms. The van der Waals surface area contributed by atoms with Gasteiger partial charge in [0.25, 0.3) is 0 Å². The first kappa shape index (κ1) is 60.0. The average Bonchev–Trinajstić information content (AvgIpc) is 1.50. The molecule has 0 aliphatic carbocycles. The van der Waals surface area contributed by atoms with Crippen LogP contribution in [-0.2, 0) is 16.4 Å². The first-order valence-electron chi connectivity index (χ1n) is 0.516. The largest absolute Gasteiger partial charge is 3.00 e. The van der Waals surface area contributed by atoms with Crippen LogP contribution in [0.25, 0.3) is 0 Å². The Balaban J connectivity index is -0.00000000114. The predicted octanol–water partition coefficient (Wildman–Crippen LogP) is -1.62. The van der Waals surface area contributed by atoms with Crippen molar-refractivity contribution in [2.45, 2.75) is 0 Å². The third-order valence-electron chi connectivity index (χ3n) is 0. The summed E-state index contributed by atoms with van der Waals surface area (Å²) in [5.41, 5.74) is 0. The maximum Gasteiger partial charge on any atom is 3.00 e. The summed E-state index contributed by atoms with van der Waals surface area (Å²) in [4.78, 5) is 13.8. The van der Waals surface area contributed by atoms with Gasteiger partial charge in [0, 0.05) is 0 Å². The van der Waals surface area contributed by atoms with Crippen molar-refractivity contribution in [2.24, 2.45) is 0 Å². The Morgan fingerprint density at radius 3 is 0.556 bits per heavy atom. The molecule has 0 amide bonds. The second kappa shape index (κ2) is 134. The van der Waals surface area contributed by atoms with Crippen molar-refractivity contribution < 1.29 is 110 Å². The zero-order valence-corrected chi connectivity index (χ0v) is 9.55. The van der Waals surface area contributed by atoms with Crippen LogP contribution in [0, 0.1) is 104 Å². The fraction of sp³-hybridized carbons (Fsp3) is 0. The van der Waals surface area contributed by atoms with Gasteiger partial charge in [-0.25, -0.2) is 0 Å². The minimum Gasteiger partial charge on any atom is -2.00 e. The summed E-state index contributed by atoms with van der Waals surface area (Å²) in [5.74, 6) is 0. The van der Waals surface area contributed by atoms with Gasteiger partial charge in [-0.05, 0) is 0 Å². The molecule has 0 aromatic rings. The van der Waals surface area contributed by atoms with E-state index in [-0.39, 0.29) is 110 Å². The van der Waals surface area contributed by atoms with E-state index in [0.29, 0.717) is 0 Å². The molecule has 0 aromatic heterocycles. The Kier molecular flexibility index (Phi) is 892. The molecule has 0 fully saturated rings. The molecule has 0 saturated heterocycles. The molecule has 0 bridgehead atoms. The molecule has 0 aromatic carbocycles. The fourth-order valence-corrected chi connectivity index (χ4v) is 0. The van der Waals surface area contributed by atoms with Crippen LogP contribution in [0.1, 0.15) is 0 Å². The number of rotatable bonds is 0. The van der Waals surface area contributed by atoms with E-state index >= 15 is 0 Å². The van der Waals surface area contributed by atoms with Gasteiger partial charge in [0.05, 0.1) is 0 Å². The van der Waals surface area contributed by atoms with Gasteiger partial charge < -0.3 is 16.4 Å². The smallest absolute Gasteiger partial charge is 2.00 e. The Labute approximate surface area is 136 Å². The van der Waals surface area contributed by atoms with Crippen LogP contribution in [0.5, 0.6) is 0 Å². The molecule has 0 unspecified atom stereocenters. The van der Waals surface area contributed by atoms with E-state index in [0.717, 1.165) is 0 Å². The molecule has 66 valence electrons. The molecule has 0 saturated carbocycles. The summed E-state index contributed by atoms with van der Waals surface area (Å²) in [5, 5.41) is 0. The quantitative estimate of drug-likeness (QED) is 0.386. The maximum atomic E-state index is 6.92. The standard InChI is InChI=1S/2HNSi.3O.2Yb/c2*1-2;;;;;/h2*2H;;;;;/q;;3*-2;2*+3. The van der Waals surface area contributed by atoms with E-state index in [1.807, 2.05) is 0 Å². The van der Waals surface area contributed by atoms with Gasteiger partial charge in [-0.3, -0.25) is 9.77 Å². The van der Waals surface area contributed by atoms with Crippen LogP contribution in [0.3, 0.4) is 0 Å². The summed E-state index contributed by atoms with van der Waals surface area (Å²) < 4.78 is 0. The minimum absolute atomic E-state index is 0. The number of hydrogen-bond donors (Lipinski definition) is 0. The summed E-state index contributed by atoms with van der Waals surface area (Å²) in [6.45, 7) is 0. The second-order valence-corrected chi connectivity index (χ2v) is 0. The molecule has 0 rings (SSSR count). The normalized spacial score (nSPS) is 0.444. The fourth-order valence-electron chi connectivity index (χ4n) is 0. The van der Waals surface area contributed by atoms with Crippen LogP contribution >= 0.6 is 0 Å². The van der Waals surface area contributed by atoms with Gasteiger partial charge in [0.1, 0.15) is 0 Å². The molecule has 0 heterocycles. The molecular formula is H2N2O3Si2Yb2. The molecule has 9 heavy (non-hydrogen) atoms. The van der Waals surface area contributed by atoms with Crippen molar-refractivity contribution in [1.29, 1.82) is 9.77 Å². The summed E-state index contributed by atoms with van der Waals surface area (Å²) in [7, 11) is 2.83. The topological polar surface area (TPSA) is 133 Å². The summed E-state index contributed by atoms with van der Waals surface area (Å²) in [6, 6.07) is 0. The van der Waals surface area contributed by atoms with Gasteiger partial charge in [0.2, 0.25) is 0 Å². The van der Waals surface area contributed by atoms with Crippen molar-refractivity contribution in [1.82, 2.24) is 0 Å². The van der Waals surface area contributed by atoms with E-state index in [9.17, 15) is 0 Å². The second-order valence-electron chi connectivity index (χ2n) is 0. The van der Waals surface area contributed by atoms with Crippen molar-refractivity contribution in [3.05, 3.63) is 0 Å². The predicted molar refractivity (Wildman–Crippen MR) is 19.8 cm³/mol. The van der Waals surface area contributed by atoms with Crippen LogP contribution in [0.4, 0.5) is 0 Å². The van der Waals surface area contributed by atoms with Crippen LogP contribution in [0.2, 0.25) is 0 Å². The molecule has 2 radical (unpaired) electrons. The van der Waals surface area contributed by atoms with Gasteiger partial charge in [-0.1, -0.05) is 0 Å². The van der Waals surface area contributed by atoms with E-state index in [1.165, 1.54) is 19.8 Å². The Bertz CT molecular complexity index is 33.3. The van der Waals surface area contributed by atoms with Gasteiger partial charge in [-0.2, -0.15) is 0 Å². The van der Waals surface area contributed by atoms with E-state index in [4.69, 9.17) is 9.77 Å². The zero-order chi connectivity index (χ0) is 4.00. The third-order valence-corrected chi connectivity index (χ3v) is 0. The van der Waals surface area contributed by atoms with E-state index < -0.39 is 0 Å². The third kappa shape index (κ3) is 108. The first-order chi connectivity index (χ1) is 2.00. The average molecular weight is 480 g/mol. The molecule has 0 aliphatic heterocycles. The van der Waals surface area contributed by atoms with Crippen molar-refractivity contribution in [3.63, 3.8) is 0 Å². The van der Waals surface area contributed by atoms with E-state index in [2.05, 4.69) is 0 Å². The minimum atomic E-state index is 0. The van der Waals surface area contributed by atoms with Crippen LogP contribution in [0.15, 0.2) is 0 Å². The van der Waals surface area contributed by atoms with E-state index in [1.54, 1.807) is 0 Å². The maximum absolute atomic E-state index is 6.92. The molecule has 0 atom stereocenters. The van der Waals surface area contributed by atoms with Gasteiger partial charge in [0.15, 0.2) is 19.8 Å². The molecule has 0 aliphatic rings. The monoisotopic (exact) mass is 482 g/mol. The Morgan fingerprint density at radius 1 is 0.556 bits per heavy atom. The Hall–Kier alpha value is 2.77. The molecular weight excluding hydrogens is 478 g/mol. The van der Waals surface area contributed by atoms with Crippen LogP contribution in [-0.4, -0.2) is 19.8 Å². The molecule has 5 nitrogen and oxygen atoms in total. The number of hydrogen-bond acceptors (Lipinski definition) is 2. The van der Waals surface area contributed by atoms with Crippen molar-refractivity contribution in [3.8, 4) is 0 Å². The van der Waals surface area contributed by atoms with Gasteiger partial charge in [-0.15, -0.1) is 0 Å². The molecule has 0 N–H and O–H groups in total.